The van der Waals surface area contributed by atoms with E-state index in [1.807, 2.05) is 13.8 Å². The quantitative estimate of drug-likeness (QED) is 0.526. The molecule has 0 unspecified atom stereocenters. The number of nitrogens with zero attached hydrogens (tertiary/aromatic N) is 1. The van der Waals surface area contributed by atoms with Gasteiger partial charge in [-0.3, -0.25) is 4.79 Å². The van der Waals surface area contributed by atoms with Crippen molar-refractivity contribution in [2.45, 2.75) is 46.1 Å². The number of hydrogen-bond acceptors (Lipinski definition) is 2. The summed E-state index contributed by atoms with van der Waals surface area (Å²) in [5.74, 6) is -0.235. The largest absolute Gasteiger partial charge is 0.387 e. The van der Waals surface area contributed by atoms with Crippen molar-refractivity contribution in [1.29, 1.82) is 0 Å². The maximum absolute atomic E-state index is 11.5. The van der Waals surface area contributed by atoms with Crippen molar-refractivity contribution < 1.29 is 9.90 Å². The van der Waals surface area contributed by atoms with E-state index in [0.717, 1.165) is 0 Å². The summed E-state index contributed by atoms with van der Waals surface area (Å²) in [6.07, 6.45) is 0.717. The Bertz CT molecular complexity index is 230. The summed E-state index contributed by atoms with van der Waals surface area (Å²) >= 11 is 0. The van der Waals surface area contributed by atoms with Crippen molar-refractivity contribution in [3.05, 3.63) is 0 Å². The number of carbonyl (C=O) groups excluding carboxylic acids is 1. The molecule has 3 N–H and O–H groups in total. The SMILES string of the molecule is CCC(O)(CC)C(=O)/N=C(\N)C(C)C. The fourth-order valence-corrected chi connectivity index (χ4v) is 0.903. The van der Waals surface area contributed by atoms with E-state index < -0.39 is 11.5 Å². The molecule has 0 aliphatic heterocycles. The highest BCUT2D eigenvalue weighted by atomic mass is 16.3. The number of amidine groups is 1. The van der Waals surface area contributed by atoms with Crippen LogP contribution < -0.4 is 5.73 Å². The number of aliphatic hydroxyl groups is 1. The van der Waals surface area contributed by atoms with Crippen molar-refractivity contribution in [2.24, 2.45) is 16.6 Å². The molecule has 4 heteroatoms. The van der Waals surface area contributed by atoms with Crippen LogP contribution in [0.15, 0.2) is 4.99 Å². The van der Waals surface area contributed by atoms with Crippen LogP contribution in [0.4, 0.5) is 0 Å². The highest BCUT2D eigenvalue weighted by molar-refractivity contribution is 5.98. The third kappa shape index (κ3) is 3.10. The van der Waals surface area contributed by atoms with E-state index >= 15 is 0 Å². The van der Waals surface area contributed by atoms with E-state index in [2.05, 4.69) is 4.99 Å². The highest BCUT2D eigenvalue weighted by Crippen LogP contribution is 2.16. The average Bonchev–Trinajstić information content (AvgIpc) is 2.16. The number of nitrogens with two attached hydrogens (primary N) is 1. The van der Waals surface area contributed by atoms with Crippen molar-refractivity contribution >= 4 is 11.7 Å². The van der Waals surface area contributed by atoms with Gasteiger partial charge in [0.25, 0.3) is 5.91 Å². The van der Waals surface area contributed by atoms with Crippen LogP contribution in [0.1, 0.15) is 40.5 Å². The van der Waals surface area contributed by atoms with Crippen LogP contribution in [0, 0.1) is 5.92 Å². The Morgan fingerprint density at radius 2 is 1.86 bits per heavy atom. The van der Waals surface area contributed by atoms with Crippen LogP contribution in [0.25, 0.3) is 0 Å². The van der Waals surface area contributed by atoms with Crippen molar-refractivity contribution in [3.8, 4) is 0 Å². The number of aliphatic imine (C=N–C) groups is 1. The lowest BCUT2D eigenvalue weighted by atomic mass is 9.97. The van der Waals surface area contributed by atoms with Gasteiger partial charge in [0.1, 0.15) is 11.4 Å². The molecular formula is C10H20N2O2. The molecule has 0 spiro atoms. The number of amides is 1. The van der Waals surface area contributed by atoms with Crippen LogP contribution in [0.2, 0.25) is 0 Å². The summed E-state index contributed by atoms with van der Waals surface area (Å²) in [4.78, 5) is 15.2. The minimum Gasteiger partial charge on any atom is -0.387 e. The number of rotatable bonds is 4. The first kappa shape index (κ1) is 13.1. The Hall–Kier alpha value is -0.900. The first-order chi connectivity index (χ1) is 6.37. The topological polar surface area (TPSA) is 75.7 Å². The van der Waals surface area contributed by atoms with Crippen LogP contribution >= 0.6 is 0 Å². The Balaban J connectivity index is 4.70. The zero-order valence-electron chi connectivity index (χ0n) is 9.37. The van der Waals surface area contributed by atoms with Crippen molar-refractivity contribution in [2.75, 3.05) is 0 Å². The molecule has 0 saturated heterocycles. The lowest BCUT2D eigenvalue weighted by Crippen LogP contribution is -2.37. The summed E-state index contributed by atoms with van der Waals surface area (Å²) in [6.45, 7) is 7.21. The summed E-state index contributed by atoms with van der Waals surface area (Å²) in [5.41, 5.74) is 4.19. The molecule has 0 aliphatic rings. The number of carbonyl (C=O) groups is 1. The Morgan fingerprint density at radius 3 is 2.14 bits per heavy atom. The molecule has 0 aliphatic carbocycles. The lowest BCUT2D eigenvalue weighted by Gasteiger charge is -2.20. The van der Waals surface area contributed by atoms with Gasteiger partial charge < -0.3 is 10.8 Å². The Kier molecular flexibility index (Phi) is 4.77. The van der Waals surface area contributed by atoms with E-state index in [1.165, 1.54) is 0 Å². The molecule has 0 rings (SSSR count). The standard InChI is InChI=1S/C10H20N2O2/c1-5-10(14,6-2)9(13)12-8(11)7(3)4/h7,14H,5-6H2,1-4H3,(H2,11,12,13). The summed E-state index contributed by atoms with van der Waals surface area (Å²) in [6, 6.07) is 0. The van der Waals surface area contributed by atoms with Crippen molar-refractivity contribution in [1.82, 2.24) is 0 Å². The monoisotopic (exact) mass is 200 g/mol. The van der Waals surface area contributed by atoms with Gasteiger partial charge in [-0.05, 0) is 12.8 Å². The van der Waals surface area contributed by atoms with Crippen LogP contribution in [-0.2, 0) is 4.79 Å². The molecule has 14 heavy (non-hydrogen) atoms. The minimum atomic E-state index is -1.35. The molecule has 0 atom stereocenters. The second-order valence-corrected chi connectivity index (χ2v) is 3.74. The normalized spacial score (nSPS) is 13.4. The van der Waals surface area contributed by atoms with Gasteiger partial charge in [0.05, 0.1) is 0 Å². The van der Waals surface area contributed by atoms with Crippen molar-refractivity contribution in [3.63, 3.8) is 0 Å². The number of hydrogen-bond donors (Lipinski definition) is 2. The van der Waals surface area contributed by atoms with Gasteiger partial charge in [0.2, 0.25) is 0 Å². The van der Waals surface area contributed by atoms with E-state index in [4.69, 9.17) is 5.73 Å². The Labute approximate surface area is 85.2 Å². The first-order valence-electron chi connectivity index (χ1n) is 4.98. The second kappa shape index (κ2) is 5.10. The molecule has 0 saturated carbocycles. The molecular weight excluding hydrogens is 180 g/mol. The molecule has 0 bridgehead atoms. The predicted molar refractivity (Wildman–Crippen MR) is 57.0 cm³/mol. The fourth-order valence-electron chi connectivity index (χ4n) is 0.903. The molecule has 82 valence electrons. The lowest BCUT2D eigenvalue weighted by molar-refractivity contribution is -0.136. The molecule has 0 aromatic rings. The van der Waals surface area contributed by atoms with Crippen LogP contribution in [0.3, 0.4) is 0 Å². The maximum Gasteiger partial charge on any atom is 0.279 e. The Morgan fingerprint density at radius 1 is 1.43 bits per heavy atom. The molecule has 1 amide bonds. The summed E-state index contributed by atoms with van der Waals surface area (Å²) < 4.78 is 0. The smallest absolute Gasteiger partial charge is 0.279 e. The highest BCUT2D eigenvalue weighted by Gasteiger charge is 2.31. The average molecular weight is 200 g/mol. The molecule has 0 fully saturated rings. The van der Waals surface area contributed by atoms with Crippen LogP contribution in [-0.4, -0.2) is 22.5 Å². The molecule has 0 radical (unpaired) electrons. The van der Waals surface area contributed by atoms with Gasteiger partial charge in [0, 0.05) is 5.92 Å². The zero-order chi connectivity index (χ0) is 11.4. The first-order valence-corrected chi connectivity index (χ1v) is 4.98. The van der Waals surface area contributed by atoms with E-state index in [9.17, 15) is 9.90 Å². The maximum atomic E-state index is 11.5. The van der Waals surface area contributed by atoms with Gasteiger partial charge in [-0.15, -0.1) is 0 Å². The third-order valence-corrected chi connectivity index (χ3v) is 2.39. The van der Waals surface area contributed by atoms with Gasteiger partial charge in [-0.2, -0.15) is 4.99 Å². The van der Waals surface area contributed by atoms with E-state index in [-0.39, 0.29) is 11.8 Å². The minimum absolute atomic E-state index is 0.0249. The second-order valence-electron chi connectivity index (χ2n) is 3.74. The zero-order valence-corrected chi connectivity index (χ0v) is 9.37. The van der Waals surface area contributed by atoms with E-state index in [0.29, 0.717) is 12.8 Å². The van der Waals surface area contributed by atoms with Gasteiger partial charge in [-0.25, -0.2) is 0 Å². The van der Waals surface area contributed by atoms with Crippen LogP contribution in [0.5, 0.6) is 0 Å². The fraction of sp³-hybridized carbons (Fsp3) is 0.800. The molecule has 0 aromatic heterocycles. The summed E-state index contributed by atoms with van der Waals surface area (Å²) in [7, 11) is 0. The molecule has 0 heterocycles. The third-order valence-electron chi connectivity index (χ3n) is 2.39. The summed E-state index contributed by atoms with van der Waals surface area (Å²) in [5, 5.41) is 9.82. The van der Waals surface area contributed by atoms with E-state index in [1.54, 1.807) is 13.8 Å². The molecule has 0 aromatic carbocycles. The van der Waals surface area contributed by atoms with Gasteiger partial charge in [-0.1, -0.05) is 27.7 Å². The van der Waals surface area contributed by atoms with Gasteiger partial charge in [0.15, 0.2) is 0 Å². The predicted octanol–water partition coefficient (Wildman–Crippen LogP) is 1.08. The molecule has 4 nitrogen and oxygen atoms in total. The van der Waals surface area contributed by atoms with Gasteiger partial charge >= 0.3 is 0 Å².